The van der Waals surface area contributed by atoms with Crippen LogP contribution in [0.4, 0.5) is 0 Å². The molecule has 3 rings (SSSR count). The molecule has 1 aromatic rings. The Bertz CT molecular complexity index is 417. The van der Waals surface area contributed by atoms with Crippen molar-refractivity contribution < 1.29 is 9.53 Å². The number of carbonyl (C=O) groups excluding carboxylic acids is 1. The van der Waals surface area contributed by atoms with Crippen LogP contribution in [-0.2, 0) is 4.74 Å². The minimum Gasteiger partial charge on any atom is -0.459 e. The molecule has 2 bridgehead atoms. The lowest BCUT2D eigenvalue weighted by atomic mass is 10.0. The van der Waals surface area contributed by atoms with Gasteiger partial charge in [0.2, 0.25) is 0 Å². The second-order valence-electron chi connectivity index (χ2n) is 5.42. The molecule has 2 atom stereocenters. The third kappa shape index (κ3) is 2.15. The highest BCUT2D eigenvalue weighted by molar-refractivity contribution is 5.89. The molecule has 96 valence electrons. The Morgan fingerprint density at radius 3 is 2.39 bits per heavy atom. The molecule has 2 heterocycles. The Morgan fingerprint density at radius 1 is 1.17 bits per heavy atom. The normalized spacial score (nSPS) is 31.3. The summed E-state index contributed by atoms with van der Waals surface area (Å²) in [7, 11) is 2.19. The van der Waals surface area contributed by atoms with Crippen molar-refractivity contribution in [3.8, 4) is 0 Å². The zero-order valence-corrected chi connectivity index (χ0v) is 10.7. The van der Waals surface area contributed by atoms with Gasteiger partial charge in [-0.2, -0.15) is 0 Å². The number of hydrogen-bond acceptors (Lipinski definition) is 3. The molecule has 2 saturated heterocycles. The van der Waals surface area contributed by atoms with Crippen LogP contribution in [0.2, 0.25) is 0 Å². The summed E-state index contributed by atoms with van der Waals surface area (Å²) in [5.41, 5.74) is 0.656. The molecule has 0 aliphatic carbocycles. The number of piperidine rings is 1. The maximum atomic E-state index is 12.0. The van der Waals surface area contributed by atoms with Crippen molar-refractivity contribution in [2.24, 2.45) is 0 Å². The van der Waals surface area contributed by atoms with Crippen molar-refractivity contribution in [2.45, 2.75) is 43.9 Å². The highest BCUT2D eigenvalue weighted by Gasteiger charge is 2.39. The summed E-state index contributed by atoms with van der Waals surface area (Å²) in [6.07, 6.45) is 4.59. The topological polar surface area (TPSA) is 29.5 Å². The van der Waals surface area contributed by atoms with Gasteiger partial charge in [-0.1, -0.05) is 18.2 Å². The summed E-state index contributed by atoms with van der Waals surface area (Å²) in [6, 6.07) is 10.5. The summed E-state index contributed by atoms with van der Waals surface area (Å²) < 4.78 is 5.64. The van der Waals surface area contributed by atoms with Crippen LogP contribution in [0.25, 0.3) is 0 Å². The molecule has 0 spiro atoms. The Labute approximate surface area is 108 Å². The molecule has 0 aromatic heterocycles. The number of nitrogens with zero attached hydrogens (tertiary/aromatic N) is 1. The number of hydrogen-bond donors (Lipinski definition) is 0. The van der Waals surface area contributed by atoms with E-state index in [0.29, 0.717) is 17.6 Å². The summed E-state index contributed by atoms with van der Waals surface area (Å²) >= 11 is 0. The third-order valence-corrected chi connectivity index (χ3v) is 4.34. The van der Waals surface area contributed by atoms with E-state index >= 15 is 0 Å². The summed E-state index contributed by atoms with van der Waals surface area (Å²) in [5.74, 6) is -0.176. The van der Waals surface area contributed by atoms with Gasteiger partial charge in [-0.3, -0.25) is 0 Å². The fourth-order valence-electron chi connectivity index (χ4n) is 3.25. The number of benzene rings is 1. The SMILES string of the molecule is CN1C2CCC1CC(OC(=O)c1ccccc1)C2. The molecule has 1 aromatic carbocycles. The monoisotopic (exact) mass is 245 g/mol. The lowest BCUT2D eigenvalue weighted by Gasteiger charge is -2.35. The first-order valence-corrected chi connectivity index (χ1v) is 6.72. The number of esters is 1. The van der Waals surface area contributed by atoms with Gasteiger partial charge in [-0.15, -0.1) is 0 Å². The molecular weight excluding hydrogens is 226 g/mol. The van der Waals surface area contributed by atoms with E-state index in [9.17, 15) is 4.79 Å². The molecular formula is C15H19NO2. The summed E-state index contributed by atoms with van der Waals surface area (Å²) in [5, 5.41) is 0. The molecule has 2 unspecified atom stereocenters. The van der Waals surface area contributed by atoms with Crippen LogP contribution >= 0.6 is 0 Å². The van der Waals surface area contributed by atoms with E-state index in [-0.39, 0.29) is 12.1 Å². The van der Waals surface area contributed by atoms with Gasteiger partial charge in [-0.05, 0) is 32.0 Å². The quantitative estimate of drug-likeness (QED) is 0.750. The molecule has 2 fully saturated rings. The maximum absolute atomic E-state index is 12.0. The molecule has 3 heteroatoms. The minimum atomic E-state index is -0.176. The van der Waals surface area contributed by atoms with E-state index in [0.717, 1.165) is 12.8 Å². The van der Waals surface area contributed by atoms with Crippen LogP contribution in [-0.4, -0.2) is 36.1 Å². The van der Waals surface area contributed by atoms with Crippen molar-refractivity contribution in [1.29, 1.82) is 0 Å². The van der Waals surface area contributed by atoms with E-state index in [1.165, 1.54) is 12.8 Å². The van der Waals surface area contributed by atoms with Gasteiger partial charge in [0.05, 0.1) is 5.56 Å². The fraction of sp³-hybridized carbons (Fsp3) is 0.533. The Morgan fingerprint density at radius 2 is 1.78 bits per heavy atom. The predicted octanol–water partition coefficient (Wildman–Crippen LogP) is 2.47. The van der Waals surface area contributed by atoms with Gasteiger partial charge in [-0.25, -0.2) is 4.79 Å². The standard InChI is InChI=1S/C15H19NO2/c1-16-12-7-8-13(16)10-14(9-12)18-15(17)11-5-3-2-4-6-11/h2-6,12-14H,7-10H2,1H3. The lowest BCUT2D eigenvalue weighted by Crippen LogP contribution is -2.43. The molecule has 2 aliphatic heterocycles. The first-order valence-electron chi connectivity index (χ1n) is 6.72. The van der Waals surface area contributed by atoms with E-state index in [1.54, 1.807) is 0 Å². The summed E-state index contributed by atoms with van der Waals surface area (Å²) in [4.78, 5) is 14.4. The number of fused-ring (bicyclic) bond motifs is 2. The number of carbonyl (C=O) groups is 1. The third-order valence-electron chi connectivity index (χ3n) is 4.34. The van der Waals surface area contributed by atoms with Crippen LogP contribution in [0, 0.1) is 0 Å². The van der Waals surface area contributed by atoms with E-state index < -0.39 is 0 Å². The second-order valence-corrected chi connectivity index (χ2v) is 5.42. The van der Waals surface area contributed by atoms with Crippen molar-refractivity contribution >= 4 is 5.97 Å². The van der Waals surface area contributed by atoms with Crippen molar-refractivity contribution in [3.05, 3.63) is 35.9 Å². The van der Waals surface area contributed by atoms with Crippen LogP contribution in [0.5, 0.6) is 0 Å². The zero-order valence-electron chi connectivity index (χ0n) is 10.7. The van der Waals surface area contributed by atoms with Crippen LogP contribution < -0.4 is 0 Å². The average Bonchev–Trinajstić information content (AvgIpc) is 2.63. The van der Waals surface area contributed by atoms with E-state index in [4.69, 9.17) is 4.74 Å². The molecule has 0 saturated carbocycles. The van der Waals surface area contributed by atoms with Crippen molar-refractivity contribution in [2.75, 3.05) is 7.05 Å². The van der Waals surface area contributed by atoms with Crippen LogP contribution in [0.3, 0.4) is 0 Å². The smallest absolute Gasteiger partial charge is 0.338 e. The van der Waals surface area contributed by atoms with E-state index in [2.05, 4.69) is 11.9 Å². The van der Waals surface area contributed by atoms with Crippen LogP contribution in [0.1, 0.15) is 36.0 Å². The fourth-order valence-corrected chi connectivity index (χ4v) is 3.25. The van der Waals surface area contributed by atoms with Gasteiger partial charge in [0.25, 0.3) is 0 Å². The second kappa shape index (κ2) is 4.73. The average molecular weight is 245 g/mol. The van der Waals surface area contributed by atoms with Gasteiger partial charge in [0, 0.05) is 24.9 Å². The zero-order chi connectivity index (χ0) is 12.5. The van der Waals surface area contributed by atoms with Crippen molar-refractivity contribution in [3.63, 3.8) is 0 Å². The molecule has 18 heavy (non-hydrogen) atoms. The Balaban J connectivity index is 1.63. The number of rotatable bonds is 2. The largest absolute Gasteiger partial charge is 0.459 e. The molecule has 0 N–H and O–H groups in total. The predicted molar refractivity (Wildman–Crippen MR) is 69.5 cm³/mol. The van der Waals surface area contributed by atoms with Crippen LogP contribution in [0.15, 0.2) is 30.3 Å². The maximum Gasteiger partial charge on any atom is 0.338 e. The van der Waals surface area contributed by atoms with Gasteiger partial charge in [0.1, 0.15) is 6.10 Å². The van der Waals surface area contributed by atoms with Crippen molar-refractivity contribution in [1.82, 2.24) is 4.90 Å². The Kier molecular flexibility index (Phi) is 3.08. The number of ether oxygens (including phenoxy) is 1. The van der Waals surface area contributed by atoms with E-state index in [1.807, 2.05) is 30.3 Å². The molecule has 3 nitrogen and oxygen atoms in total. The minimum absolute atomic E-state index is 0.103. The molecule has 0 amide bonds. The lowest BCUT2D eigenvalue weighted by molar-refractivity contribution is -0.000447. The molecule has 0 radical (unpaired) electrons. The first kappa shape index (κ1) is 11.7. The first-order chi connectivity index (χ1) is 8.74. The van der Waals surface area contributed by atoms with Gasteiger partial charge < -0.3 is 9.64 Å². The Hall–Kier alpha value is -1.35. The highest BCUT2D eigenvalue weighted by atomic mass is 16.5. The summed E-state index contributed by atoms with van der Waals surface area (Å²) in [6.45, 7) is 0. The highest BCUT2D eigenvalue weighted by Crippen LogP contribution is 2.35. The van der Waals surface area contributed by atoms with Gasteiger partial charge >= 0.3 is 5.97 Å². The van der Waals surface area contributed by atoms with Gasteiger partial charge in [0.15, 0.2) is 0 Å². The molecule has 2 aliphatic rings.